The summed E-state index contributed by atoms with van der Waals surface area (Å²) in [6, 6.07) is 9.17. The molecule has 0 saturated carbocycles. The van der Waals surface area contributed by atoms with Gasteiger partial charge in [0.2, 0.25) is 0 Å². The predicted molar refractivity (Wildman–Crippen MR) is 108 cm³/mol. The second-order valence-electron chi connectivity index (χ2n) is 8.80. The van der Waals surface area contributed by atoms with E-state index >= 15 is 0 Å². The molecule has 3 heterocycles. The SMILES string of the molecule is [B]C(C(=O)O[C@@H]1[C@H]2OC(C)(C)O[C@H]2O[C@@H]1[C@H]1COC(C)(C)O1)C([B])c1ccccc1. The van der Waals surface area contributed by atoms with Crippen molar-refractivity contribution in [3.63, 3.8) is 0 Å². The maximum atomic E-state index is 12.9. The molecule has 9 heteroatoms. The van der Waals surface area contributed by atoms with Crippen LogP contribution in [0.25, 0.3) is 0 Å². The molecule has 30 heavy (non-hydrogen) atoms. The van der Waals surface area contributed by atoms with E-state index in [1.807, 2.05) is 44.2 Å². The smallest absolute Gasteiger partial charge is 0.300 e. The Morgan fingerprint density at radius 2 is 1.73 bits per heavy atom. The molecule has 3 saturated heterocycles. The Morgan fingerprint density at radius 1 is 1.03 bits per heavy atom. The molecule has 7 nitrogen and oxygen atoms in total. The molecule has 0 aromatic heterocycles. The van der Waals surface area contributed by atoms with Crippen LogP contribution in [0.2, 0.25) is 5.82 Å². The summed E-state index contributed by atoms with van der Waals surface area (Å²) in [5.41, 5.74) is 0.745. The van der Waals surface area contributed by atoms with Crippen LogP contribution in [0.1, 0.15) is 39.1 Å². The fourth-order valence-corrected chi connectivity index (χ4v) is 4.06. The summed E-state index contributed by atoms with van der Waals surface area (Å²) in [6.45, 7) is 7.48. The van der Waals surface area contributed by atoms with E-state index in [0.717, 1.165) is 5.56 Å². The molecule has 3 fully saturated rings. The van der Waals surface area contributed by atoms with E-state index in [2.05, 4.69) is 0 Å². The fraction of sp³-hybridized carbons (Fsp3) is 0.667. The van der Waals surface area contributed by atoms with E-state index in [9.17, 15) is 4.79 Å². The first-order chi connectivity index (χ1) is 14.1. The lowest BCUT2D eigenvalue weighted by molar-refractivity contribution is -0.235. The van der Waals surface area contributed by atoms with E-state index in [-0.39, 0.29) is 0 Å². The standard InChI is InChI=1S/C21H26B2O7/c1-20(2)25-10-12(28-20)15-16(17-19(27-15)30-21(3,4)29-17)26-18(24)14(23)13(22)11-8-6-5-7-9-11/h5-9,12-17,19H,10H2,1-4H3/t12-,13?,14?,15-,16+,17-,19-/m1/s1. The van der Waals surface area contributed by atoms with Gasteiger partial charge in [0.25, 0.3) is 5.97 Å². The van der Waals surface area contributed by atoms with Gasteiger partial charge in [-0.25, -0.2) is 0 Å². The van der Waals surface area contributed by atoms with Gasteiger partial charge in [-0.1, -0.05) is 35.9 Å². The Labute approximate surface area is 179 Å². The van der Waals surface area contributed by atoms with Crippen molar-refractivity contribution in [2.75, 3.05) is 6.61 Å². The van der Waals surface area contributed by atoms with Gasteiger partial charge in [-0.05, 0) is 33.5 Å². The molecule has 0 aliphatic carbocycles. The molecule has 1 aromatic rings. The van der Waals surface area contributed by atoms with Gasteiger partial charge in [-0.3, -0.25) is 4.79 Å². The number of carbonyl (C=O) groups excluding carboxylic acids is 1. The first kappa shape index (κ1) is 21.8. The molecular weight excluding hydrogens is 386 g/mol. The third kappa shape index (κ3) is 4.32. The minimum Gasteiger partial charge on any atom is -0.457 e. The molecule has 4 radical (unpaired) electrons. The largest absolute Gasteiger partial charge is 0.457 e. The molecule has 0 bridgehead atoms. The predicted octanol–water partition coefficient (Wildman–Crippen LogP) is 1.79. The van der Waals surface area contributed by atoms with Crippen molar-refractivity contribution in [3.8, 4) is 0 Å². The number of rotatable bonds is 5. The van der Waals surface area contributed by atoms with Gasteiger partial charge >= 0.3 is 0 Å². The van der Waals surface area contributed by atoms with Crippen LogP contribution < -0.4 is 0 Å². The van der Waals surface area contributed by atoms with E-state index in [1.54, 1.807) is 13.8 Å². The summed E-state index contributed by atoms with van der Waals surface area (Å²) < 4.78 is 35.2. The van der Waals surface area contributed by atoms with Crippen LogP contribution in [-0.4, -0.2) is 70.5 Å². The number of carbonyl (C=O) groups is 1. The lowest BCUT2D eigenvalue weighted by Crippen LogP contribution is -2.45. The van der Waals surface area contributed by atoms with Gasteiger partial charge in [0.05, 0.1) is 22.3 Å². The van der Waals surface area contributed by atoms with E-state index in [4.69, 9.17) is 44.1 Å². The quantitative estimate of drug-likeness (QED) is 0.540. The van der Waals surface area contributed by atoms with E-state index in [1.165, 1.54) is 0 Å². The minimum absolute atomic E-state index is 0.296. The normalized spacial score (nSPS) is 36.2. The molecule has 7 atom stereocenters. The van der Waals surface area contributed by atoms with Crippen LogP contribution in [0.4, 0.5) is 0 Å². The van der Waals surface area contributed by atoms with Crippen LogP contribution in [0.5, 0.6) is 0 Å². The lowest BCUT2D eigenvalue weighted by Gasteiger charge is -2.30. The van der Waals surface area contributed by atoms with Gasteiger partial charge in [0.1, 0.15) is 12.2 Å². The van der Waals surface area contributed by atoms with Crippen molar-refractivity contribution in [3.05, 3.63) is 35.9 Å². The van der Waals surface area contributed by atoms with Crippen molar-refractivity contribution >= 4 is 21.7 Å². The molecule has 3 aliphatic rings. The monoisotopic (exact) mass is 412 g/mol. The summed E-state index contributed by atoms with van der Waals surface area (Å²) in [5, 5.41) is 0. The first-order valence-electron chi connectivity index (χ1n) is 10.2. The Balaban J connectivity index is 1.50. The molecule has 0 amide bonds. The lowest BCUT2D eigenvalue weighted by atomic mass is 9.63. The van der Waals surface area contributed by atoms with Crippen LogP contribution in [0.3, 0.4) is 0 Å². The molecule has 2 unspecified atom stereocenters. The van der Waals surface area contributed by atoms with Crippen molar-refractivity contribution < 1.29 is 33.2 Å². The summed E-state index contributed by atoms with van der Waals surface area (Å²) in [7, 11) is 12.3. The average molecular weight is 412 g/mol. The highest BCUT2D eigenvalue weighted by molar-refractivity contribution is 6.29. The van der Waals surface area contributed by atoms with Gasteiger partial charge in [-0.15, -0.1) is 0 Å². The number of hydrogen-bond acceptors (Lipinski definition) is 7. The van der Waals surface area contributed by atoms with Crippen LogP contribution in [0.15, 0.2) is 30.3 Å². The van der Waals surface area contributed by atoms with E-state index in [0.29, 0.717) is 6.61 Å². The summed E-state index contributed by atoms with van der Waals surface area (Å²) >= 11 is 0. The van der Waals surface area contributed by atoms with Crippen molar-refractivity contribution in [1.29, 1.82) is 0 Å². The Bertz CT molecular complexity index is 772. The second-order valence-corrected chi connectivity index (χ2v) is 8.80. The topological polar surface area (TPSA) is 72.5 Å². The van der Waals surface area contributed by atoms with Gasteiger partial charge in [0, 0.05) is 5.82 Å². The second kappa shape index (κ2) is 7.95. The zero-order chi connectivity index (χ0) is 21.7. The number of ether oxygens (including phenoxy) is 6. The van der Waals surface area contributed by atoms with Gasteiger partial charge in [0.15, 0.2) is 30.1 Å². The molecule has 0 spiro atoms. The zero-order valence-corrected chi connectivity index (χ0v) is 17.6. The van der Waals surface area contributed by atoms with Crippen molar-refractivity contribution in [2.45, 2.75) is 81.6 Å². The Kier molecular flexibility index (Phi) is 5.79. The maximum absolute atomic E-state index is 12.9. The number of hydrogen-bond donors (Lipinski definition) is 0. The minimum atomic E-state index is -1.06. The van der Waals surface area contributed by atoms with Crippen LogP contribution >= 0.6 is 0 Å². The molecule has 0 N–H and O–H groups in total. The third-order valence-corrected chi connectivity index (χ3v) is 5.52. The number of esters is 1. The van der Waals surface area contributed by atoms with Crippen LogP contribution in [0, 0.1) is 0 Å². The fourth-order valence-electron chi connectivity index (χ4n) is 4.06. The molecule has 158 valence electrons. The molecule has 3 aliphatic heterocycles. The Hall–Kier alpha value is -1.38. The number of benzene rings is 1. The summed E-state index contributed by atoms with van der Waals surface area (Å²) in [5.74, 6) is -4.03. The average Bonchev–Trinajstić information content (AvgIpc) is 3.31. The third-order valence-electron chi connectivity index (χ3n) is 5.52. The number of fused-ring (bicyclic) bond motifs is 1. The molecular formula is C21H26B2O7. The highest BCUT2D eigenvalue weighted by Gasteiger charge is 2.60. The van der Waals surface area contributed by atoms with Crippen molar-refractivity contribution in [1.82, 2.24) is 0 Å². The van der Waals surface area contributed by atoms with Crippen molar-refractivity contribution in [2.24, 2.45) is 0 Å². The molecule has 4 rings (SSSR count). The molecule has 1 aromatic carbocycles. The van der Waals surface area contributed by atoms with Gasteiger partial charge in [-0.2, -0.15) is 0 Å². The van der Waals surface area contributed by atoms with Crippen LogP contribution in [-0.2, 0) is 33.2 Å². The van der Waals surface area contributed by atoms with Gasteiger partial charge < -0.3 is 28.4 Å². The highest BCUT2D eigenvalue weighted by atomic mass is 16.8. The zero-order valence-electron chi connectivity index (χ0n) is 17.6. The Morgan fingerprint density at radius 3 is 2.37 bits per heavy atom. The highest BCUT2D eigenvalue weighted by Crippen LogP contribution is 2.42. The first-order valence-corrected chi connectivity index (χ1v) is 10.2. The van der Waals surface area contributed by atoms with E-state index < -0.39 is 59.9 Å². The maximum Gasteiger partial charge on any atom is 0.300 e. The summed E-state index contributed by atoms with van der Waals surface area (Å²) in [4.78, 5) is 12.9. The summed E-state index contributed by atoms with van der Waals surface area (Å²) in [6.07, 6.45) is -3.14.